The molecule has 1 atom stereocenters. The summed E-state index contributed by atoms with van der Waals surface area (Å²) in [6, 6.07) is 7.65. The van der Waals surface area contributed by atoms with Crippen LogP contribution in [0.3, 0.4) is 0 Å². The van der Waals surface area contributed by atoms with Crippen molar-refractivity contribution in [1.82, 2.24) is 0 Å². The predicted octanol–water partition coefficient (Wildman–Crippen LogP) is 2.04. The zero-order valence-electron chi connectivity index (χ0n) is 8.96. The van der Waals surface area contributed by atoms with Crippen molar-refractivity contribution >= 4 is 5.97 Å². The summed E-state index contributed by atoms with van der Waals surface area (Å²) in [5.74, 6) is -0.166. The van der Waals surface area contributed by atoms with Gasteiger partial charge in [-0.15, -0.1) is 0 Å². The zero-order chi connectivity index (χ0) is 12.0. The van der Waals surface area contributed by atoms with Crippen LogP contribution in [0.1, 0.15) is 19.8 Å². The second-order valence-corrected chi connectivity index (χ2v) is 3.34. The first-order valence-corrected chi connectivity index (χ1v) is 5.02. The van der Waals surface area contributed by atoms with Gasteiger partial charge in [-0.05, 0) is 12.1 Å². The molecule has 1 aromatic rings. The lowest BCUT2D eigenvalue weighted by Gasteiger charge is -2.06. The SMILES string of the molecule is CCC(CC(=O)Oc1ccccc1)[N+](=O)[O-]. The first-order chi connectivity index (χ1) is 7.63. The second kappa shape index (κ2) is 5.85. The maximum absolute atomic E-state index is 11.4. The molecule has 0 fully saturated rings. The molecular formula is C11H13NO4. The fourth-order valence-electron chi connectivity index (χ4n) is 1.22. The lowest BCUT2D eigenvalue weighted by Crippen LogP contribution is -2.24. The average molecular weight is 223 g/mol. The summed E-state index contributed by atoms with van der Waals surface area (Å²) in [6.07, 6.45) is 0.120. The number of hydrogen-bond acceptors (Lipinski definition) is 4. The summed E-state index contributed by atoms with van der Waals surface area (Å²) in [6.45, 7) is 1.67. The number of nitro groups is 1. The molecule has 0 aliphatic heterocycles. The maximum Gasteiger partial charge on any atom is 0.318 e. The van der Waals surface area contributed by atoms with Crippen LogP contribution < -0.4 is 4.74 Å². The minimum absolute atomic E-state index is 0.196. The number of para-hydroxylation sites is 1. The molecule has 0 bridgehead atoms. The molecule has 0 aliphatic rings. The van der Waals surface area contributed by atoms with E-state index in [0.717, 1.165) is 0 Å². The van der Waals surface area contributed by atoms with Gasteiger partial charge in [0.25, 0.3) is 0 Å². The van der Waals surface area contributed by atoms with Crippen molar-refractivity contribution in [3.63, 3.8) is 0 Å². The van der Waals surface area contributed by atoms with Gasteiger partial charge >= 0.3 is 5.97 Å². The summed E-state index contributed by atoms with van der Waals surface area (Å²) < 4.78 is 4.95. The molecule has 86 valence electrons. The fraction of sp³-hybridized carbons (Fsp3) is 0.364. The third kappa shape index (κ3) is 3.68. The summed E-state index contributed by atoms with van der Waals surface area (Å²) >= 11 is 0. The van der Waals surface area contributed by atoms with E-state index >= 15 is 0 Å². The van der Waals surface area contributed by atoms with Crippen LogP contribution in [-0.4, -0.2) is 16.9 Å². The van der Waals surface area contributed by atoms with Crippen molar-refractivity contribution in [2.24, 2.45) is 0 Å². The third-order valence-electron chi connectivity index (χ3n) is 2.15. The summed E-state index contributed by atoms with van der Waals surface area (Å²) in [7, 11) is 0. The van der Waals surface area contributed by atoms with Crippen LogP contribution in [-0.2, 0) is 4.79 Å². The normalized spacial score (nSPS) is 11.8. The number of carbonyl (C=O) groups excluding carboxylic acids is 1. The molecule has 1 unspecified atom stereocenters. The van der Waals surface area contributed by atoms with E-state index in [1.54, 1.807) is 37.3 Å². The summed E-state index contributed by atoms with van der Waals surface area (Å²) in [5, 5.41) is 10.5. The van der Waals surface area contributed by atoms with Gasteiger partial charge in [0.05, 0.1) is 0 Å². The monoisotopic (exact) mass is 223 g/mol. The van der Waals surface area contributed by atoms with Gasteiger partial charge in [-0.3, -0.25) is 14.9 Å². The van der Waals surface area contributed by atoms with E-state index in [4.69, 9.17) is 4.74 Å². The van der Waals surface area contributed by atoms with Gasteiger partial charge in [-0.2, -0.15) is 0 Å². The molecule has 0 amide bonds. The average Bonchev–Trinajstić information content (AvgIpc) is 2.27. The van der Waals surface area contributed by atoms with Crippen LogP contribution >= 0.6 is 0 Å². The Morgan fingerprint density at radius 2 is 2.06 bits per heavy atom. The third-order valence-corrected chi connectivity index (χ3v) is 2.15. The van der Waals surface area contributed by atoms with Crippen molar-refractivity contribution in [2.75, 3.05) is 0 Å². The Balaban J connectivity index is 2.50. The van der Waals surface area contributed by atoms with Crippen LogP contribution in [0.4, 0.5) is 0 Å². The van der Waals surface area contributed by atoms with Gasteiger partial charge in [0, 0.05) is 11.3 Å². The molecule has 5 nitrogen and oxygen atoms in total. The zero-order valence-corrected chi connectivity index (χ0v) is 8.96. The van der Waals surface area contributed by atoms with Crippen LogP contribution in [0, 0.1) is 10.1 Å². The second-order valence-electron chi connectivity index (χ2n) is 3.34. The fourth-order valence-corrected chi connectivity index (χ4v) is 1.22. The maximum atomic E-state index is 11.4. The van der Waals surface area contributed by atoms with Crippen LogP contribution in [0.25, 0.3) is 0 Å². The van der Waals surface area contributed by atoms with E-state index in [2.05, 4.69) is 0 Å². The van der Waals surface area contributed by atoms with Gasteiger partial charge in [0.2, 0.25) is 6.04 Å². The quantitative estimate of drug-likeness (QED) is 0.331. The molecule has 0 N–H and O–H groups in total. The molecule has 0 radical (unpaired) electrons. The molecule has 0 heterocycles. The molecule has 0 aliphatic carbocycles. The molecule has 0 aromatic heterocycles. The van der Waals surface area contributed by atoms with E-state index in [0.29, 0.717) is 12.2 Å². The highest BCUT2D eigenvalue weighted by Gasteiger charge is 2.22. The standard InChI is InChI=1S/C11H13NO4/c1-2-9(12(14)15)8-11(13)16-10-6-4-3-5-7-10/h3-7,9H,2,8H2,1H3. The van der Waals surface area contributed by atoms with Crippen LogP contribution in [0.5, 0.6) is 5.75 Å². The number of ether oxygens (including phenoxy) is 1. The number of rotatable bonds is 5. The van der Waals surface area contributed by atoms with Gasteiger partial charge in [-0.1, -0.05) is 25.1 Å². The Kier molecular flexibility index (Phi) is 4.44. The van der Waals surface area contributed by atoms with E-state index in [1.807, 2.05) is 0 Å². The lowest BCUT2D eigenvalue weighted by atomic mass is 10.2. The first kappa shape index (κ1) is 12.2. The molecular weight excluding hydrogens is 210 g/mol. The number of nitrogens with zero attached hydrogens (tertiary/aromatic N) is 1. The smallest absolute Gasteiger partial charge is 0.318 e. The summed E-state index contributed by atoms with van der Waals surface area (Å²) in [4.78, 5) is 21.4. The topological polar surface area (TPSA) is 69.4 Å². The summed E-state index contributed by atoms with van der Waals surface area (Å²) in [5.41, 5.74) is 0. The van der Waals surface area contributed by atoms with Crippen LogP contribution in [0.2, 0.25) is 0 Å². The highest BCUT2D eigenvalue weighted by molar-refractivity contribution is 5.72. The molecule has 0 spiro atoms. The molecule has 5 heteroatoms. The molecule has 0 saturated heterocycles. The molecule has 16 heavy (non-hydrogen) atoms. The van der Waals surface area contributed by atoms with Gasteiger partial charge in [0.1, 0.15) is 12.2 Å². The number of hydrogen-bond donors (Lipinski definition) is 0. The first-order valence-electron chi connectivity index (χ1n) is 5.02. The Morgan fingerprint density at radius 1 is 1.44 bits per heavy atom. The van der Waals surface area contributed by atoms with Crippen molar-refractivity contribution in [1.29, 1.82) is 0 Å². The van der Waals surface area contributed by atoms with E-state index in [-0.39, 0.29) is 6.42 Å². The van der Waals surface area contributed by atoms with E-state index in [1.165, 1.54) is 0 Å². The number of carbonyl (C=O) groups is 1. The van der Waals surface area contributed by atoms with Crippen molar-refractivity contribution in [3.8, 4) is 5.75 Å². The number of esters is 1. The Hall–Kier alpha value is -1.91. The van der Waals surface area contributed by atoms with E-state index in [9.17, 15) is 14.9 Å². The minimum Gasteiger partial charge on any atom is -0.426 e. The van der Waals surface area contributed by atoms with Crippen LogP contribution in [0.15, 0.2) is 30.3 Å². The predicted molar refractivity (Wildman–Crippen MR) is 57.8 cm³/mol. The number of benzene rings is 1. The highest BCUT2D eigenvalue weighted by Crippen LogP contribution is 2.11. The van der Waals surface area contributed by atoms with Crippen molar-refractivity contribution < 1.29 is 14.5 Å². The molecule has 1 aromatic carbocycles. The Labute approximate surface area is 93.2 Å². The molecule has 0 saturated carbocycles. The largest absolute Gasteiger partial charge is 0.426 e. The van der Waals surface area contributed by atoms with Gasteiger partial charge < -0.3 is 4.74 Å². The Bertz CT molecular complexity index is 364. The Morgan fingerprint density at radius 3 is 2.56 bits per heavy atom. The van der Waals surface area contributed by atoms with Crippen molar-refractivity contribution in [3.05, 3.63) is 40.4 Å². The van der Waals surface area contributed by atoms with Gasteiger partial charge in [0.15, 0.2) is 0 Å². The van der Waals surface area contributed by atoms with E-state index < -0.39 is 16.9 Å². The highest BCUT2D eigenvalue weighted by atomic mass is 16.6. The lowest BCUT2D eigenvalue weighted by molar-refractivity contribution is -0.521. The molecule has 1 rings (SSSR count). The van der Waals surface area contributed by atoms with Gasteiger partial charge in [-0.25, -0.2) is 0 Å². The van der Waals surface area contributed by atoms with Crippen molar-refractivity contribution in [2.45, 2.75) is 25.8 Å². The minimum atomic E-state index is -0.865.